The van der Waals surface area contributed by atoms with Crippen LogP contribution in [0, 0.1) is 0 Å². The monoisotopic (exact) mass is 254 g/mol. The molecule has 17 heavy (non-hydrogen) atoms. The third-order valence-electron chi connectivity index (χ3n) is 2.03. The summed E-state index contributed by atoms with van der Waals surface area (Å²) in [6, 6.07) is 0. The van der Waals surface area contributed by atoms with Crippen molar-refractivity contribution in [3.8, 4) is 5.88 Å². The minimum absolute atomic E-state index is 0.294. The summed E-state index contributed by atoms with van der Waals surface area (Å²) in [7, 11) is 3.07. The summed E-state index contributed by atoms with van der Waals surface area (Å²) in [5.41, 5.74) is 5.82. The van der Waals surface area contributed by atoms with E-state index in [0.29, 0.717) is 21.7 Å². The number of aromatic amines is 1. The number of rotatable bonds is 3. The summed E-state index contributed by atoms with van der Waals surface area (Å²) in [4.78, 5) is 19.0. The van der Waals surface area contributed by atoms with Crippen LogP contribution < -0.4 is 16.2 Å². The topological polar surface area (TPSA) is 112 Å². The number of ether oxygens (including phenoxy) is 1. The first-order valence-corrected chi connectivity index (χ1v) is 5.39. The fraction of sp³-hybridized carbons (Fsp3) is 0.250. The van der Waals surface area contributed by atoms with Gasteiger partial charge in [0.2, 0.25) is 5.88 Å². The molecule has 0 bridgehead atoms. The van der Waals surface area contributed by atoms with Gasteiger partial charge in [-0.15, -0.1) is 5.10 Å². The van der Waals surface area contributed by atoms with Gasteiger partial charge in [0.05, 0.1) is 7.11 Å². The fourth-order valence-corrected chi connectivity index (χ4v) is 1.90. The molecule has 0 aliphatic rings. The van der Waals surface area contributed by atoms with Crippen molar-refractivity contribution in [2.45, 2.75) is 10.2 Å². The molecule has 0 fully saturated rings. The molecule has 0 aliphatic carbocycles. The molecular weight excluding hydrogens is 244 g/mol. The molecular formula is C8H10N6O2S. The van der Waals surface area contributed by atoms with Gasteiger partial charge in [-0.3, -0.25) is 4.57 Å². The zero-order chi connectivity index (χ0) is 12.4. The quantitative estimate of drug-likeness (QED) is 0.719. The lowest BCUT2D eigenvalue weighted by atomic mass is 10.5. The van der Waals surface area contributed by atoms with Crippen LogP contribution in [0.25, 0.3) is 0 Å². The number of nitrogens with one attached hydrogen (secondary N) is 1. The highest BCUT2D eigenvalue weighted by atomic mass is 32.2. The van der Waals surface area contributed by atoms with E-state index in [2.05, 4.69) is 20.2 Å². The van der Waals surface area contributed by atoms with Crippen molar-refractivity contribution >= 4 is 17.4 Å². The predicted octanol–water partition coefficient (Wildman–Crippen LogP) is -0.360. The number of nitrogens with zero attached hydrogens (tertiary/aromatic N) is 4. The van der Waals surface area contributed by atoms with Crippen molar-refractivity contribution in [3.63, 3.8) is 0 Å². The molecule has 8 nitrogen and oxygen atoms in total. The summed E-state index contributed by atoms with van der Waals surface area (Å²) in [5, 5.41) is 7.11. The number of aromatic nitrogens is 5. The second-order valence-electron chi connectivity index (χ2n) is 3.07. The smallest absolute Gasteiger partial charge is 0.343 e. The lowest BCUT2D eigenvalue weighted by Crippen LogP contribution is -2.13. The van der Waals surface area contributed by atoms with E-state index in [1.807, 2.05) is 0 Å². The van der Waals surface area contributed by atoms with Crippen LogP contribution in [0.15, 0.2) is 21.3 Å². The van der Waals surface area contributed by atoms with Crippen molar-refractivity contribution in [1.82, 2.24) is 24.7 Å². The molecule has 0 radical (unpaired) electrons. The van der Waals surface area contributed by atoms with Gasteiger partial charge in [0.25, 0.3) is 0 Å². The maximum absolute atomic E-state index is 11.2. The number of nitrogens with two attached hydrogens (primary N) is 1. The van der Waals surface area contributed by atoms with Crippen LogP contribution >= 0.6 is 11.8 Å². The summed E-state index contributed by atoms with van der Waals surface area (Å²) in [6.07, 6.45) is 1.34. The van der Waals surface area contributed by atoms with Crippen LogP contribution in [-0.4, -0.2) is 31.8 Å². The first-order valence-electron chi connectivity index (χ1n) is 4.57. The average Bonchev–Trinajstić information content (AvgIpc) is 2.64. The van der Waals surface area contributed by atoms with Gasteiger partial charge in [-0.1, -0.05) is 0 Å². The molecule has 0 aromatic carbocycles. The average molecular weight is 254 g/mol. The summed E-state index contributed by atoms with van der Waals surface area (Å²) >= 11 is 1.16. The Hall–Kier alpha value is -2.03. The Morgan fingerprint density at radius 2 is 2.29 bits per heavy atom. The normalized spacial score (nSPS) is 10.5. The van der Waals surface area contributed by atoms with E-state index >= 15 is 0 Å². The molecule has 2 aromatic heterocycles. The van der Waals surface area contributed by atoms with E-state index in [4.69, 9.17) is 10.5 Å². The molecule has 0 amide bonds. The minimum Gasteiger partial charge on any atom is -0.479 e. The number of nitrogen functional groups attached to an aromatic ring is 1. The van der Waals surface area contributed by atoms with Crippen LogP contribution in [0.2, 0.25) is 0 Å². The Bertz CT molecular complexity index is 592. The van der Waals surface area contributed by atoms with Gasteiger partial charge in [0, 0.05) is 7.05 Å². The van der Waals surface area contributed by atoms with E-state index in [-0.39, 0.29) is 5.69 Å². The summed E-state index contributed by atoms with van der Waals surface area (Å²) in [5.74, 6) is 0.294. The second-order valence-corrected chi connectivity index (χ2v) is 4.03. The molecule has 0 atom stereocenters. The van der Waals surface area contributed by atoms with Gasteiger partial charge in [-0.25, -0.2) is 14.9 Å². The molecule has 9 heteroatoms. The Morgan fingerprint density at radius 1 is 1.53 bits per heavy atom. The lowest BCUT2D eigenvalue weighted by Gasteiger charge is -2.06. The molecule has 0 spiro atoms. The highest BCUT2D eigenvalue weighted by Gasteiger charge is 2.13. The maximum Gasteiger partial charge on any atom is 0.343 e. The second kappa shape index (κ2) is 4.45. The highest BCUT2D eigenvalue weighted by molar-refractivity contribution is 7.99. The Labute approximate surface area is 100 Å². The standard InChI is InChI=1S/C8H10N6O2S/c1-14-7(15)12-13-8(14)17-6-4(9)5(16-2)10-3-11-6/h3H,9H2,1-2H3,(H,12,15). The molecule has 0 aliphatic heterocycles. The zero-order valence-corrected chi connectivity index (χ0v) is 9.98. The predicted molar refractivity (Wildman–Crippen MR) is 60.9 cm³/mol. The van der Waals surface area contributed by atoms with Crippen molar-refractivity contribution in [2.75, 3.05) is 12.8 Å². The van der Waals surface area contributed by atoms with Crippen molar-refractivity contribution in [1.29, 1.82) is 0 Å². The van der Waals surface area contributed by atoms with Gasteiger partial charge >= 0.3 is 5.69 Å². The first-order chi connectivity index (χ1) is 8.13. The van der Waals surface area contributed by atoms with Crippen LogP contribution in [0.1, 0.15) is 0 Å². The van der Waals surface area contributed by atoms with E-state index in [9.17, 15) is 4.79 Å². The third-order valence-corrected chi connectivity index (χ3v) is 3.10. The summed E-state index contributed by atoms with van der Waals surface area (Å²) in [6.45, 7) is 0. The molecule has 2 rings (SSSR count). The SMILES string of the molecule is COc1ncnc(Sc2n[nH]c(=O)n2C)c1N. The zero-order valence-electron chi connectivity index (χ0n) is 9.17. The third kappa shape index (κ3) is 2.09. The van der Waals surface area contributed by atoms with Crippen molar-refractivity contribution < 1.29 is 4.74 Å². The van der Waals surface area contributed by atoms with Gasteiger partial charge in [0.1, 0.15) is 17.0 Å². The Balaban J connectivity index is 2.36. The number of H-pyrrole nitrogens is 1. The lowest BCUT2D eigenvalue weighted by molar-refractivity contribution is 0.397. The molecule has 0 unspecified atom stereocenters. The number of hydrogen-bond donors (Lipinski definition) is 2. The van der Waals surface area contributed by atoms with Crippen LogP contribution in [-0.2, 0) is 7.05 Å². The van der Waals surface area contributed by atoms with E-state index in [1.54, 1.807) is 7.05 Å². The largest absolute Gasteiger partial charge is 0.479 e. The molecule has 3 N–H and O–H groups in total. The molecule has 2 heterocycles. The minimum atomic E-state index is -0.299. The maximum atomic E-state index is 11.2. The van der Waals surface area contributed by atoms with Crippen LogP contribution in [0.3, 0.4) is 0 Å². The Morgan fingerprint density at radius 3 is 2.88 bits per heavy atom. The van der Waals surface area contributed by atoms with Crippen LogP contribution in [0.4, 0.5) is 5.69 Å². The van der Waals surface area contributed by atoms with E-state index in [0.717, 1.165) is 11.8 Å². The summed E-state index contributed by atoms with van der Waals surface area (Å²) < 4.78 is 6.33. The van der Waals surface area contributed by atoms with E-state index < -0.39 is 0 Å². The fourth-order valence-electron chi connectivity index (χ4n) is 1.12. The van der Waals surface area contributed by atoms with Gasteiger partial charge in [-0.2, -0.15) is 4.98 Å². The van der Waals surface area contributed by atoms with Crippen LogP contribution in [0.5, 0.6) is 5.88 Å². The number of methoxy groups -OCH3 is 1. The van der Waals surface area contributed by atoms with Gasteiger partial charge in [-0.05, 0) is 11.8 Å². The first kappa shape index (κ1) is 11.5. The Kier molecular flexibility index (Phi) is 3.00. The van der Waals surface area contributed by atoms with Gasteiger partial charge < -0.3 is 10.5 Å². The van der Waals surface area contributed by atoms with Crippen molar-refractivity contribution in [2.24, 2.45) is 7.05 Å². The number of anilines is 1. The highest BCUT2D eigenvalue weighted by Crippen LogP contribution is 2.31. The van der Waals surface area contributed by atoms with Crippen molar-refractivity contribution in [3.05, 3.63) is 16.8 Å². The van der Waals surface area contributed by atoms with Gasteiger partial charge in [0.15, 0.2) is 5.16 Å². The molecule has 0 saturated heterocycles. The molecule has 2 aromatic rings. The number of hydrogen-bond acceptors (Lipinski definition) is 7. The molecule has 90 valence electrons. The molecule has 0 saturated carbocycles. The van der Waals surface area contributed by atoms with E-state index in [1.165, 1.54) is 18.0 Å².